The van der Waals surface area contributed by atoms with Crippen LogP contribution in [-0.4, -0.2) is 36.8 Å². The molecule has 1 aliphatic carbocycles. The van der Waals surface area contributed by atoms with Crippen LogP contribution in [0, 0.1) is 11.3 Å². The van der Waals surface area contributed by atoms with Crippen LogP contribution in [0.15, 0.2) is 32.6 Å². The van der Waals surface area contributed by atoms with Crippen LogP contribution in [-0.2, 0) is 9.47 Å². The molecule has 0 spiro atoms. The topological polar surface area (TPSA) is 171 Å². The maximum Gasteiger partial charge on any atom is 0.510 e. The van der Waals surface area contributed by atoms with Gasteiger partial charge in [0.25, 0.3) is 11.1 Å². The van der Waals surface area contributed by atoms with Crippen molar-refractivity contribution in [2.45, 2.75) is 71.1 Å². The first-order valence-electron chi connectivity index (χ1n) is 12.8. The molecule has 0 amide bonds. The van der Waals surface area contributed by atoms with Crippen LogP contribution in [0.5, 0.6) is 11.6 Å². The Hall–Kier alpha value is -4.15. The van der Waals surface area contributed by atoms with Crippen molar-refractivity contribution in [2.75, 3.05) is 0 Å². The van der Waals surface area contributed by atoms with E-state index in [2.05, 4.69) is 10.2 Å². The van der Waals surface area contributed by atoms with Crippen molar-refractivity contribution in [3.8, 4) is 23.4 Å². The van der Waals surface area contributed by atoms with Gasteiger partial charge < -0.3 is 14.2 Å². The van der Waals surface area contributed by atoms with E-state index in [4.69, 9.17) is 42.7 Å². The van der Waals surface area contributed by atoms with Gasteiger partial charge in [0.1, 0.15) is 12.2 Å². The lowest BCUT2D eigenvalue weighted by atomic mass is 9.98. The number of rotatable bonds is 7. The molecule has 2 aromatic heterocycles. The second-order valence-electron chi connectivity index (χ2n) is 9.66. The molecule has 1 atom stereocenters. The van der Waals surface area contributed by atoms with Crippen molar-refractivity contribution in [2.24, 2.45) is 0 Å². The fourth-order valence-corrected chi connectivity index (χ4v) is 4.83. The Kier molecular flexibility index (Phi) is 9.14. The Morgan fingerprint density at radius 2 is 1.73 bits per heavy atom. The Bertz CT molecular complexity index is 1660. The molecule has 41 heavy (non-hydrogen) atoms. The number of aromatic nitrogens is 5. The Morgan fingerprint density at radius 1 is 1.07 bits per heavy atom. The smallest absolute Gasteiger partial charge is 0.434 e. The lowest BCUT2D eigenvalue weighted by molar-refractivity contribution is -0.0303. The zero-order chi connectivity index (χ0) is 29.8. The number of nitrogens with one attached hydrogen (secondary N) is 1. The van der Waals surface area contributed by atoms with Crippen LogP contribution in [0.4, 0.5) is 4.79 Å². The third kappa shape index (κ3) is 6.78. The molecule has 0 bridgehead atoms. The summed E-state index contributed by atoms with van der Waals surface area (Å²) in [6.07, 6.45) is 2.30. The maximum absolute atomic E-state index is 13.1. The van der Waals surface area contributed by atoms with Gasteiger partial charge in [-0.15, -0.1) is 10.2 Å². The quantitative estimate of drug-likeness (QED) is 0.376. The summed E-state index contributed by atoms with van der Waals surface area (Å²) in [5.41, 5.74) is -2.51. The molecule has 0 saturated heterocycles. The highest BCUT2D eigenvalue weighted by molar-refractivity contribution is 6.37. The zero-order valence-corrected chi connectivity index (χ0v) is 23.9. The van der Waals surface area contributed by atoms with Gasteiger partial charge in [0.05, 0.1) is 15.7 Å². The first-order chi connectivity index (χ1) is 19.5. The van der Waals surface area contributed by atoms with Gasteiger partial charge in [0.2, 0.25) is 11.6 Å². The first-order valence-corrected chi connectivity index (χ1v) is 13.6. The predicted molar refractivity (Wildman–Crippen MR) is 147 cm³/mol. The van der Waals surface area contributed by atoms with Crippen molar-refractivity contribution >= 4 is 29.4 Å². The molecule has 2 heterocycles. The summed E-state index contributed by atoms with van der Waals surface area (Å²) in [4.78, 5) is 51.5. The van der Waals surface area contributed by atoms with Gasteiger partial charge in [-0.05, 0) is 50.7 Å². The van der Waals surface area contributed by atoms with Crippen molar-refractivity contribution in [3.05, 3.63) is 70.7 Å². The van der Waals surface area contributed by atoms with Gasteiger partial charge in [0.15, 0.2) is 12.0 Å². The molecule has 1 aliphatic rings. The molecule has 1 unspecified atom stereocenters. The van der Waals surface area contributed by atoms with Crippen LogP contribution in [0.2, 0.25) is 10.0 Å². The van der Waals surface area contributed by atoms with E-state index in [1.807, 2.05) is 4.98 Å². The van der Waals surface area contributed by atoms with Crippen molar-refractivity contribution in [1.82, 2.24) is 24.5 Å². The van der Waals surface area contributed by atoms with Crippen LogP contribution < -0.4 is 21.5 Å². The van der Waals surface area contributed by atoms with Gasteiger partial charge in [-0.3, -0.25) is 14.6 Å². The van der Waals surface area contributed by atoms with E-state index in [9.17, 15) is 19.2 Å². The second kappa shape index (κ2) is 12.6. The van der Waals surface area contributed by atoms with Crippen molar-refractivity contribution < 1.29 is 19.0 Å². The minimum Gasteiger partial charge on any atom is -0.434 e. The Labute approximate surface area is 243 Å². The summed E-state index contributed by atoms with van der Waals surface area (Å²) < 4.78 is 18.3. The number of ether oxygens (including phenoxy) is 3. The second-order valence-corrected chi connectivity index (χ2v) is 10.5. The third-order valence-electron chi connectivity index (χ3n) is 6.36. The Morgan fingerprint density at radius 3 is 2.34 bits per heavy atom. The molecule has 0 aliphatic heterocycles. The van der Waals surface area contributed by atoms with E-state index in [-0.39, 0.29) is 39.4 Å². The van der Waals surface area contributed by atoms with E-state index >= 15 is 0 Å². The normalized spacial score (nSPS) is 14.4. The SMILES string of the molecule is CC(C)c1cc(Oc2c(Cl)cc(-n3nc(C#N)c(=O)[nH]c3=O)cc2Cl)nn(C(C)OC(=O)OC2CCCCC2)c1=O. The number of hydrogen-bond donors (Lipinski definition) is 1. The van der Waals surface area contributed by atoms with E-state index in [1.54, 1.807) is 19.9 Å². The number of carbonyl (C=O) groups is 1. The van der Waals surface area contributed by atoms with Crippen molar-refractivity contribution in [1.29, 1.82) is 5.26 Å². The lowest BCUT2D eigenvalue weighted by Gasteiger charge is -2.23. The molecule has 3 aromatic rings. The number of benzene rings is 1. The molecule has 216 valence electrons. The largest absolute Gasteiger partial charge is 0.510 e. The van der Waals surface area contributed by atoms with Crippen molar-refractivity contribution in [3.63, 3.8) is 0 Å². The summed E-state index contributed by atoms with van der Waals surface area (Å²) in [7, 11) is 0. The summed E-state index contributed by atoms with van der Waals surface area (Å²) in [6, 6.07) is 5.57. The number of H-pyrrole nitrogens is 1. The standard InChI is InChI=1S/C26H26Cl2N6O7/c1-13(2)17-11-21(32-33(24(17)36)14(3)39-26(38)40-16-7-5-4-6-8-16)41-22-18(27)9-15(10-19(22)28)34-25(37)30-23(35)20(12-29)31-34/h9-11,13-14,16H,4-8H2,1-3H3,(H,30,35,37). The highest BCUT2D eigenvalue weighted by atomic mass is 35.5. The third-order valence-corrected chi connectivity index (χ3v) is 6.92. The first kappa shape index (κ1) is 29.8. The van der Waals surface area contributed by atoms with Gasteiger partial charge in [-0.1, -0.05) is 43.5 Å². The Balaban J connectivity index is 1.64. The average Bonchev–Trinajstić information content (AvgIpc) is 2.91. The molecule has 1 saturated carbocycles. The van der Waals surface area contributed by atoms with Gasteiger partial charge >= 0.3 is 11.8 Å². The summed E-state index contributed by atoms with van der Waals surface area (Å²) in [5, 5.41) is 16.9. The van der Waals surface area contributed by atoms with Crippen LogP contribution >= 0.6 is 23.2 Å². The maximum atomic E-state index is 13.1. The number of carbonyl (C=O) groups excluding carboxylic acids is 1. The van der Waals surface area contributed by atoms with Gasteiger partial charge in [-0.2, -0.15) is 14.6 Å². The van der Waals surface area contributed by atoms with Gasteiger partial charge in [0, 0.05) is 11.6 Å². The van der Waals surface area contributed by atoms with Crippen LogP contribution in [0.1, 0.15) is 76.3 Å². The number of nitriles is 1. The monoisotopic (exact) mass is 604 g/mol. The van der Waals surface area contributed by atoms with E-state index < -0.39 is 34.9 Å². The molecule has 1 aromatic carbocycles. The number of hydrogen-bond acceptors (Lipinski definition) is 10. The fourth-order valence-electron chi connectivity index (χ4n) is 4.27. The molecule has 0 radical (unpaired) electrons. The summed E-state index contributed by atoms with van der Waals surface area (Å²) >= 11 is 12.8. The fraction of sp³-hybridized carbons (Fsp3) is 0.423. The molecular formula is C26H26Cl2N6O7. The highest BCUT2D eigenvalue weighted by Crippen LogP contribution is 2.38. The average molecular weight is 605 g/mol. The lowest BCUT2D eigenvalue weighted by Crippen LogP contribution is -2.33. The predicted octanol–water partition coefficient (Wildman–Crippen LogP) is 4.58. The highest BCUT2D eigenvalue weighted by Gasteiger charge is 2.24. The molecule has 1 fully saturated rings. The van der Waals surface area contributed by atoms with E-state index in [0.717, 1.165) is 41.5 Å². The molecule has 13 nitrogen and oxygen atoms in total. The molecule has 1 N–H and O–H groups in total. The number of nitrogens with zero attached hydrogens (tertiary/aromatic N) is 5. The number of aromatic amines is 1. The van der Waals surface area contributed by atoms with Crippen LogP contribution in [0.25, 0.3) is 5.69 Å². The molecule has 15 heteroatoms. The van der Waals surface area contributed by atoms with Gasteiger partial charge in [-0.25, -0.2) is 9.59 Å². The zero-order valence-electron chi connectivity index (χ0n) is 22.3. The molecule has 4 rings (SSSR count). The minimum absolute atomic E-state index is 0.0457. The minimum atomic E-state index is -1.12. The molecular weight excluding hydrogens is 579 g/mol. The van der Waals surface area contributed by atoms with E-state index in [1.165, 1.54) is 25.1 Å². The van der Waals surface area contributed by atoms with E-state index in [0.29, 0.717) is 5.56 Å². The number of halogens is 2. The van der Waals surface area contributed by atoms with Crippen LogP contribution in [0.3, 0.4) is 0 Å². The summed E-state index contributed by atoms with van der Waals surface area (Å²) in [6.45, 7) is 5.07. The summed E-state index contributed by atoms with van der Waals surface area (Å²) in [5.74, 6) is -0.388.